The molecule has 0 saturated heterocycles. The van der Waals surface area contributed by atoms with Gasteiger partial charge in [0.05, 0.1) is 18.9 Å². The number of carbonyl (C=O) groups excluding carboxylic acids is 1. The molecule has 1 rings (SSSR count). The number of carbonyl (C=O) groups is 1. The van der Waals surface area contributed by atoms with E-state index in [9.17, 15) is 13.2 Å². The molecule has 1 aromatic rings. The molecule has 124 valence electrons. The van der Waals surface area contributed by atoms with Crippen molar-refractivity contribution in [1.29, 1.82) is 0 Å². The second-order valence-corrected chi connectivity index (χ2v) is 7.75. The number of alkyl carbamates (subject to hydrolysis) is 1. The molecule has 0 fully saturated rings. The minimum Gasteiger partial charge on any atom is -0.444 e. The molecular weight excluding hydrogens is 306 g/mol. The Morgan fingerprint density at radius 1 is 1.32 bits per heavy atom. The highest BCUT2D eigenvalue weighted by Crippen LogP contribution is 2.17. The Kier molecular flexibility index (Phi) is 5.96. The number of rotatable bonds is 5. The Morgan fingerprint density at radius 2 is 1.95 bits per heavy atom. The van der Waals surface area contributed by atoms with Gasteiger partial charge in [-0.3, -0.25) is 4.18 Å². The minimum absolute atomic E-state index is 0.193. The van der Waals surface area contributed by atoms with Gasteiger partial charge in [0.25, 0.3) is 10.1 Å². The molecule has 1 aromatic carbocycles. The molecule has 1 atom stereocenters. The fraction of sp³-hybridized carbons (Fsp3) is 0.533. The van der Waals surface area contributed by atoms with Gasteiger partial charge >= 0.3 is 6.09 Å². The van der Waals surface area contributed by atoms with Crippen molar-refractivity contribution in [2.75, 3.05) is 12.9 Å². The first-order valence-electron chi connectivity index (χ1n) is 6.87. The zero-order valence-corrected chi connectivity index (χ0v) is 14.4. The van der Waals surface area contributed by atoms with E-state index in [0.717, 1.165) is 17.4 Å². The van der Waals surface area contributed by atoms with Crippen LogP contribution in [0.1, 0.15) is 37.9 Å². The van der Waals surface area contributed by atoms with E-state index in [2.05, 4.69) is 5.32 Å². The molecule has 0 aliphatic rings. The van der Waals surface area contributed by atoms with Gasteiger partial charge in [-0.25, -0.2) is 4.79 Å². The van der Waals surface area contributed by atoms with Crippen LogP contribution >= 0.6 is 0 Å². The maximum absolute atomic E-state index is 11.9. The smallest absolute Gasteiger partial charge is 0.408 e. The Morgan fingerprint density at radius 3 is 2.45 bits per heavy atom. The van der Waals surface area contributed by atoms with Gasteiger partial charge in [0.15, 0.2) is 0 Å². The molecule has 1 unspecified atom stereocenters. The third kappa shape index (κ3) is 7.42. The van der Waals surface area contributed by atoms with Crippen molar-refractivity contribution in [3.8, 4) is 0 Å². The third-order valence-corrected chi connectivity index (χ3v) is 3.15. The van der Waals surface area contributed by atoms with Gasteiger partial charge in [-0.1, -0.05) is 29.8 Å². The zero-order chi connectivity index (χ0) is 17.0. The monoisotopic (exact) mass is 329 g/mol. The molecule has 0 bridgehead atoms. The van der Waals surface area contributed by atoms with E-state index in [-0.39, 0.29) is 6.61 Å². The number of aryl methyl sites for hydroxylation is 1. The molecule has 0 radical (unpaired) electrons. The van der Waals surface area contributed by atoms with Crippen LogP contribution in [-0.4, -0.2) is 33.0 Å². The van der Waals surface area contributed by atoms with Crippen LogP contribution in [0.15, 0.2) is 24.3 Å². The predicted molar refractivity (Wildman–Crippen MR) is 84.1 cm³/mol. The van der Waals surface area contributed by atoms with Crippen LogP contribution in [0.4, 0.5) is 4.79 Å². The van der Waals surface area contributed by atoms with Gasteiger partial charge in [0.2, 0.25) is 0 Å². The Balaban J connectivity index is 2.89. The highest BCUT2D eigenvalue weighted by molar-refractivity contribution is 7.85. The summed E-state index contributed by atoms with van der Waals surface area (Å²) < 4.78 is 32.4. The lowest BCUT2D eigenvalue weighted by Gasteiger charge is -2.23. The second-order valence-electron chi connectivity index (χ2n) is 6.10. The lowest BCUT2D eigenvalue weighted by molar-refractivity contribution is 0.0487. The summed E-state index contributed by atoms with van der Waals surface area (Å²) in [6, 6.07) is 6.76. The molecular formula is C15H23NO5S. The largest absolute Gasteiger partial charge is 0.444 e. The molecule has 1 N–H and O–H groups in total. The SMILES string of the molecule is Cc1cccc(C(COS(C)(=O)=O)NC(=O)OC(C)(C)C)c1. The minimum atomic E-state index is -3.60. The number of benzene rings is 1. The number of nitrogens with one attached hydrogen (secondary N) is 1. The van der Waals surface area contributed by atoms with E-state index < -0.39 is 27.9 Å². The van der Waals surface area contributed by atoms with Gasteiger partial charge < -0.3 is 10.1 Å². The van der Waals surface area contributed by atoms with E-state index in [0.29, 0.717) is 0 Å². The van der Waals surface area contributed by atoms with Crippen LogP contribution in [0.5, 0.6) is 0 Å². The van der Waals surface area contributed by atoms with Gasteiger partial charge in [0, 0.05) is 0 Å². The predicted octanol–water partition coefficient (Wildman–Crippen LogP) is 2.54. The average molecular weight is 329 g/mol. The third-order valence-electron chi connectivity index (χ3n) is 2.58. The first kappa shape index (κ1) is 18.4. The Bertz CT molecular complexity index is 619. The molecule has 0 heterocycles. The molecule has 1 amide bonds. The topological polar surface area (TPSA) is 81.7 Å². The highest BCUT2D eigenvalue weighted by Gasteiger charge is 2.22. The Labute approximate surface area is 131 Å². The van der Waals surface area contributed by atoms with Crippen LogP contribution in [-0.2, 0) is 19.0 Å². The maximum Gasteiger partial charge on any atom is 0.408 e. The van der Waals surface area contributed by atoms with E-state index in [1.165, 1.54) is 0 Å². The first-order valence-corrected chi connectivity index (χ1v) is 8.68. The number of ether oxygens (including phenoxy) is 1. The van der Waals surface area contributed by atoms with Crippen LogP contribution in [0.2, 0.25) is 0 Å². The number of hydrogen-bond donors (Lipinski definition) is 1. The molecule has 6 nitrogen and oxygen atoms in total. The molecule has 0 saturated carbocycles. The number of hydrogen-bond acceptors (Lipinski definition) is 5. The van der Waals surface area contributed by atoms with Gasteiger partial charge in [-0.2, -0.15) is 8.42 Å². The van der Waals surface area contributed by atoms with Crippen molar-refractivity contribution in [1.82, 2.24) is 5.32 Å². The summed E-state index contributed by atoms with van der Waals surface area (Å²) in [5, 5.41) is 2.64. The van der Waals surface area contributed by atoms with Crippen LogP contribution < -0.4 is 5.32 Å². The molecule has 0 aliphatic heterocycles. The van der Waals surface area contributed by atoms with Crippen LogP contribution in [0.25, 0.3) is 0 Å². The average Bonchev–Trinajstić information content (AvgIpc) is 2.31. The van der Waals surface area contributed by atoms with Crippen LogP contribution in [0, 0.1) is 6.92 Å². The van der Waals surface area contributed by atoms with Crippen molar-refractivity contribution in [3.63, 3.8) is 0 Å². The van der Waals surface area contributed by atoms with Crippen molar-refractivity contribution < 1.29 is 22.1 Å². The molecule has 0 aromatic heterocycles. The fourth-order valence-electron chi connectivity index (χ4n) is 1.75. The summed E-state index contributed by atoms with van der Waals surface area (Å²) >= 11 is 0. The van der Waals surface area contributed by atoms with Gasteiger partial charge in [0.1, 0.15) is 5.60 Å². The summed E-state index contributed by atoms with van der Waals surface area (Å²) in [5.41, 5.74) is 1.10. The lowest BCUT2D eigenvalue weighted by atomic mass is 10.1. The van der Waals surface area contributed by atoms with Crippen LogP contribution in [0.3, 0.4) is 0 Å². The second kappa shape index (κ2) is 7.11. The number of amides is 1. The lowest BCUT2D eigenvalue weighted by Crippen LogP contribution is -2.37. The van der Waals surface area contributed by atoms with E-state index >= 15 is 0 Å². The summed E-state index contributed by atoms with van der Waals surface area (Å²) in [6.45, 7) is 6.97. The summed E-state index contributed by atoms with van der Waals surface area (Å²) in [6.07, 6.45) is 0.337. The van der Waals surface area contributed by atoms with Gasteiger partial charge in [-0.15, -0.1) is 0 Å². The summed E-state index contributed by atoms with van der Waals surface area (Å²) in [5.74, 6) is 0. The van der Waals surface area contributed by atoms with Crippen molar-refractivity contribution >= 4 is 16.2 Å². The summed E-state index contributed by atoms with van der Waals surface area (Å²) in [4.78, 5) is 11.9. The first-order chi connectivity index (χ1) is 9.96. The van der Waals surface area contributed by atoms with E-state index in [1.807, 2.05) is 25.1 Å². The Hall–Kier alpha value is -1.60. The standard InChI is InChI=1S/C15H23NO5S/c1-11-7-6-8-12(9-11)13(10-20-22(5,18)19)16-14(17)21-15(2,3)4/h6-9,13H,10H2,1-5H3,(H,16,17). The fourth-order valence-corrected chi connectivity index (χ4v) is 2.13. The van der Waals surface area contributed by atoms with E-state index in [1.54, 1.807) is 26.8 Å². The molecule has 7 heteroatoms. The highest BCUT2D eigenvalue weighted by atomic mass is 32.2. The maximum atomic E-state index is 11.9. The molecule has 0 spiro atoms. The molecule has 22 heavy (non-hydrogen) atoms. The normalized spacial score (nSPS) is 13.5. The zero-order valence-electron chi connectivity index (χ0n) is 13.5. The van der Waals surface area contributed by atoms with Gasteiger partial charge in [-0.05, 0) is 33.3 Å². The van der Waals surface area contributed by atoms with E-state index in [4.69, 9.17) is 8.92 Å². The van der Waals surface area contributed by atoms with Crippen molar-refractivity contribution in [2.24, 2.45) is 0 Å². The summed E-state index contributed by atoms with van der Waals surface area (Å²) in [7, 11) is -3.60. The van der Waals surface area contributed by atoms with Crippen molar-refractivity contribution in [3.05, 3.63) is 35.4 Å². The quantitative estimate of drug-likeness (QED) is 0.840. The van der Waals surface area contributed by atoms with Crippen molar-refractivity contribution in [2.45, 2.75) is 39.3 Å². The molecule has 0 aliphatic carbocycles.